The summed E-state index contributed by atoms with van der Waals surface area (Å²) < 4.78 is 5.52. The molecule has 3 unspecified atom stereocenters. The number of hydrogen-bond donors (Lipinski definition) is 1. The van der Waals surface area contributed by atoms with Crippen LogP contribution in [0.2, 0.25) is 0 Å². The highest BCUT2D eigenvalue weighted by atomic mass is 16.5. The van der Waals surface area contributed by atoms with E-state index >= 15 is 0 Å². The van der Waals surface area contributed by atoms with Crippen molar-refractivity contribution in [1.82, 2.24) is 4.90 Å². The molecule has 1 aliphatic carbocycles. The molecule has 1 aromatic carbocycles. The molecular weight excluding hydrogens is 252 g/mol. The standard InChI is InChI=1S/C16H22N2O2/c1-12-7-14(12)9-18(2)10-15(19)11-20-16-5-3-13(8-17)4-6-16/h3-6,12,14-15,19H,7,9-11H2,1-2H3. The third-order valence-electron chi connectivity index (χ3n) is 3.77. The van der Waals surface area contributed by atoms with Crippen LogP contribution in [0.3, 0.4) is 0 Å². The fourth-order valence-corrected chi connectivity index (χ4v) is 2.36. The van der Waals surface area contributed by atoms with Crippen LogP contribution < -0.4 is 4.74 Å². The maximum Gasteiger partial charge on any atom is 0.119 e. The van der Waals surface area contributed by atoms with E-state index in [-0.39, 0.29) is 6.61 Å². The number of rotatable bonds is 7. The van der Waals surface area contributed by atoms with Crippen molar-refractivity contribution in [2.45, 2.75) is 19.4 Å². The summed E-state index contributed by atoms with van der Waals surface area (Å²) in [6.45, 7) is 4.22. The van der Waals surface area contributed by atoms with Crippen LogP contribution in [-0.2, 0) is 0 Å². The minimum atomic E-state index is -0.496. The fourth-order valence-electron chi connectivity index (χ4n) is 2.36. The van der Waals surface area contributed by atoms with E-state index in [4.69, 9.17) is 10.00 Å². The quantitative estimate of drug-likeness (QED) is 0.825. The smallest absolute Gasteiger partial charge is 0.119 e. The number of benzene rings is 1. The van der Waals surface area contributed by atoms with Gasteiger partial charge in [0.05, 0.1) is 11.6 Å². The Kier molecular flexibility index (Phi) is 4.99. The van der Waals surface area contributed by atoms with Crippen LogP contribution in [0, 0.1) is 23.2 Å². The van der Waals surface area contributed by atoms with E-state index < -0.39 is 6.10 Å². The van der Waals surface area contributed by atoms with Gasteiger partial charge in [-0.2, -0.15) is 5.26 Å². The van der Waals surface area contributed by atoms with Gasteiger partial charge in [0.2, 0.25) is 0 Å². The first-order valence-electron chi connectivity index (χ1n) is 7.08. The Labute approximate surface area is 120 Å². The van der Waals surface area contributed by atoms with Crippen molar-refractivity contribution in [3.63, 3.8) is 0 Å². The van der Waals surface area contributed by atoms with Gasteiger partial charge in [-0.1, -0.05) is 6.92 Å². The number of ether oxygens (including phenoxy) is 1. The molecule has 1 aromatic rings. The molecule has 0 heterocycles. The average Bonchev–Trinajstić information content (AvgIpc) is 3.12. The van der Waals surface area contributed by atoms with Gasteiger partial charge in [-0.15, -0.1) is 0 Å². The van der Waals surface area contributed by atoms with E-state index in [0.29, 0.717) is 17.9 Å². The molecule has 0 saturated heterocycles. The van der Waals surface area contributed by atoms with Gasteiger partial charge in [-0.3, -0.25) is 0 Å². The molecule has 1 fully saturated rings. The Hall–Kier alpha value is -1.57. The first-order chi connectivity index (χ1) is 9.58. The molecule has 0 bridgehead atoms. The van der Waals surface area contributed by atoms with Crippen molar-refractivity contribution < 1.29 is 9.84 Å². The monoisotopic (exact) mass is 274 g/mol. The van der Waals surface area contributed by atoms with Crippen molar-refractivity contribution in [2.75, 3.05) is 26.7 Å². The molecule has 0 radical (unpaired) electrons. The molecular formula is C16H22N2O2. The molecule has 1 aliphatic rings. The van der Waals surface area contributed by atoms with Gasteiger partial charge < -0.3 is 14.7 Å². The third-order valence-corrected chi connectivity index (χ3v) is 3.77. The number of nitrogens with zero attached hydrogens (tertiary/aromatic N) is 2. The van der Waals surface area contributed by atoms with Crippen LogP contribution in [0.1, 0.15) is 18.9 Å². The van der Waals surface area contributed by atoms with Crippen LogP contribution in [0.25, 0.3) is 0 Å². The summed E-state index contributed by atoms with van der Waals surface area (Å²) in [6.07, 6.45) is 0.812. The van der Waals surface area contributed by atoms with Gasteiger partial charge in [0.25, 0.3) is 0 Å². The fraction of sp³-hybridized carbons (Fsp3) is 0.562. The average molecular weight is 274 g/mol. The lowest BCUT2D eigenvalue weighted by atomic mass is 10.2. The molecule has 4 nitrogen and oxygen atoms in total. The molecule has 0 aromatic heterocycles. The molecule has 4 heteroatoms. The highest BCUT2D eigenvalue weighted by Crippen LogP contribution is 2.37. The van der Waals surface area contributed by atoms with E-state index in [2.05, 4.69) is 17.9 Å². The number of aliphatic hydroxyl groups excluding tert-OH is 1. The van der Waals surface area contributed by atoms with Crippen LogP contribution >= 0.6 is 0 Å². The number of likely N-dealkylation sites (N-methyl/N-ethyl adjacent to an activating group) is 1. The lowest BCUT2D eigenvalue weighted by Gasteiger charge is -2.20. The van der Waals surface area contributed by atoms with Crippen LogP contribution in [0.4, 0.5) is 0 Å². The van der Waals surface area contributed by atoms with Crippen LogP contribution in [0.15, 0.2) is 24.3 Å². The predicted molar refractivity (Wildman–Crippen MR) is 77.4 cm³/mol. The summed E-state index contributed by atoms with van der Waals surface area (Å²) >= 11 is 0. The van der Waals surface area contributed by atoms with E-state index in [1.807, 2.05) is 7.05 Å². The highest BCUT2D eigenvalue weighted by Gasteiger charge is 2.33. The minimum Gasteiger partial charge on any atom is -0.491 e. The zero-order valence-corrected chi connectivity index (χ0v) is 12.1. The Bertz CT molecular complexity index is 466. The van der Waals surface area contributed by atoms with Crippen molar-refractivity contribution in [3.8, 4) is 11.8 Å². The number of hydrogen-bond acceptors (Lipinski definition) is 4. The second-order valence-corrected chi connectivity index (χ2v) is 5.80. The third kappa shape index (κ3) is 4.52. The SMILES string of the molecule is CC1CC1CN(C)CC(O)COc1ccc(C#N)cc1. The molecule has 3 atom stereocenters. The Balaban J connectivity index is 1.68. The van der Waals surface area contributed by atoms with Gasteiger partial charge in [-0.25, -0.2) is 0 Å². The van der Waals surface area contributed by atoms with Gasteiger partial charge in [-0.05, 0) is 49.6 Å². The second-order valence-electron chi connectivity index (χ2n) is 5.80. The maximum absolute atomic E-state index is 9.96. The van der Waals surface area contributed by atoms with Crippen molar-refractivity contribution in [1.29, 1.82) is 5.26 Å². The summed E-state index contributed by atoms with van der Waals surface area (Å²) in [7, 11) is 2.04. The summed E-state index contributed by atoms with van der Waals surface area (Å²) in [6, 6.07) is 8.98. The molecule has 0 aliphatic heterocycles. The lowest BCUT2D eigenvalue weighted by molar-refractivity contribution is 0.0747. The topological polar surface area (TPSA) is 56.5 Å². The molecule has 1 saturated carbocycles. The molecule has 1 N–H and O–H groups in total. The van der Waals surface area contributed by atoms with Crippen molar-refractivity contribution in [2.24, 2.45) is 11.8 Å². The zero-order valence-electron chi connectivity index (χ0n) is 12.1. The highest BCUT2D eigenvalue weighted by molar-refractivity contribution is 5.34. The number of nitriles is 1. The zero-order chi connectivity index (χ0) is 14.5. The van der Waals surface area contributed by atoms with Crippen molar-refractivity contribution in [3.05, 3.63) is 29.8 Å². The summed E-state index contributed by atoms with van der Waals surface area (Å²) in [4.78, 5) is 2.17. The van der Waals surface area contributed by atoms with E-state index in [9.17, 15) is 5.11 Å². The first-order valence-corrected chi connectivity index (χ1v) is 7.08. The van der Waals surface area contributed by atoms with Gasteiger partial charge >= 0.3 is 0 Å². The van der Waals surface area contributed by atoms with Gasteiger partial charge in [0.1, 0.15) is 18.5 Å². The summed E-state index contributed by atoms with van der Waals surface area (Å²) in [5.74, 6) is 2.32. The summed E-state index contributed by atoms with van der Waals surface area (Å²) in [5, 5.41) is 18.7. The largest absolute Gasteiger partial charge is 0.491 e. The van der Waals surface area contributed by atoms with E-state index in [1.54, 1.807) is 24.3 Å². The molecule has 2 rings (SSSR count). The minimum absolute atomic E-state index is 0.274. The number of aliphatic hydroxyl groups is 1. The van der Waals surface area contributed by atoms with Gasteiger partial charge in [0, 0.05) is 13.1 Å². The Morgan fingerprint density at radius 2 is 2.10 bits per heavy atom. The Morgan fingerprint density at radius 1 is 1.45 bits per heavy atom. The first kappa shape index (κ1) is 14.8. The molecule has 0 spiro atoms. The van der Waals surface area contributed by atoms with Crippen molar-refractivity contribution >= 4 is 0 Å². The van der Waals surface area contributed by atoms with E-state index in [1.165, 1.54) is 6.42 Å². The second kappa shape index (κ2) is 6.74. The molecule has 20 heavy (non-hydrogen) atoms. The molecule has 0 amide bonds. The predicted octanol–water partition coefficient (Wildman–Crippen LogP) is 1.89. The Morgan fingerprint density at radius 3 is 2.65 bits per heavy atom. The van der Waals surface area contributed by atoms with E-state index in [0.717, 1.165) is 18.4 Å². The molecule has 108 valence electrons. The summed E-state index contributed by atoms with van der Waals surface area (Å²) in [5.41, 5.74) is 0.608. The normalized spacial score (nSPS) is 22.4. The van der Waals surface area contributed by atoms with Crippen LogP contribution in [-0.4, -0.2) is 42.9 Å². The van der Waals surface area contributed by atoms with Gasteiger partial charge in [0.15, 0.2) is 0 Å². The maximum atomic E-state index is 9.96. The van der Waals surface area contributed by atoms with Crippen LogP contribution in [0.5, 0.6) is 5.75 Å². The lowest BCUT2D eigenvalue weighted by Crippen LogP contribution is -2.34.